The SMILES string of the molecule is Cc1cccc(C(=O)N[C@@H](C)Cc2ccco2)c1. The molecule has 1 heterocycles. The molecule has 0 radical (unpaired) electrons. The van der Waals surface area contributed by atoms with Crippen molar-refractivity contribution in [3.63, 3.8) is 0 Å². The van der Waals surface area contributed by atoms with Crippen molar-refractivity contribution < 1.29 is 9.21 Å². The molecule has 2 rings (SSSR count). The highest BCUT2D eigenvalue weighted by Gasteiger charge is 2.11. The van der Waals surface area contributed by atoms with Crippen LogP contribution in [0.4, 0.5) is 0 Å². The predicted octanol–water partition coefficient (Wildman–Crippen LogP) is 2.95. The number of carbonyl (C=O) groups is 1. The summed E-state index contributed by atoms with van der Waals surface area (Å²) in [4.78, 5) is 12.0. The van der Waals surface area contributed by atoms with E-state index in [0.29, 0.717) is 12.0 Å². The quantitative estimate of drug-likeness (QED) is 0.897. The van der Waals surface area contributed by atoms with Gasteiger partial charge in [-0.2, -0.15) is 0 Å². The summed E-state index contributed by atoms with van der Waals surface area (Å²) in [6, 6.07) is 11.4. The summed E-state index contributed by atoms with van der Waals surface area (Å²) in [6.45, 7) is 3.94. The van der Waals surface area contributed by atoms with Gasteiger partial charge in [0.15, 0.2) is 0 Å². The van der Waals surface area contributed by atoms with E-state index >= 15 is 0 Å². The zero-order valence-corrected chi connectivity index (χ0v) is 10.6. The molecule has 1 amide bonds. The Balaban J connectivity index is 1.95. The summed E-state index contributed by atoms with van der Waals surface area (Å²) in [5.41, 5.74) is 1.78. The van der Waals surface area contributed by atoms with E-state index in [4.69, 9.17) is 4.42 Å². The Kier molecular flexibility index (Phi) is 3.82. The highest BCUT2D eigenvalue weighted by atomic mass is 16.3. The highest BCUT2D eigenvalue weighted by molar-refractivity contribution is 5.94. The maximum Gasteiger partial charge on any atom is 0.251 e. The Labute approximate surface area is 107 Å². The smallest absolute Gasteiger partial charge is 0.251 e. The first-order valence-corrected chi connectivity index (χ1v) is 6.05. The maximum atomic E-state index is 12.0. The van der Waals surface area contributed by atoms with Crippen molar-refractivity contribution in [2.24, 2.45) is 0 Å². The van der Waals surface area contributed by atoms with Crippen LogP contribution in [0.3, 0.4) is 0 Å². The normalized spacial score (nSPS) is 12.1. The van der Waals surface area contributed by atoms with Gasteiger partial charge in [0.1, 0.15) is 5.76 Å². The molecule has 2 aromatic rings. The lowest BCUT2D eigenvalue weighted by molar-refractivity contribution is 0.0939. The van der Waals surface area contributed by atoms with E-state index in [9.17, 15) is 4.79 Å². The molecule has 3 nitrogen and oxygen atoms in total. The Bertz CT molecular complexity index is 517. The topological polar surface area (TPSA) is 42.2 Å². The molecule has 0 saturated heterocycles. The van der Waals surface area contributed by atoms with Gasteiger partial charge >= 0.3 is 0 Å². The van der Waals surface area contributed by atoms with Crippen molar-refractivity contribution in [1.82, 2.24) is 5.32 Å². The van der Waals surface area contributed by atoms with Crippen LogP contribution >= 0.6 is 0 Å². The zero-order valence-electron chi connectivity index (χ0n) is 10.6. The fraction of sp³-hybridized carbons (Fsp3) is 0.267. The van der Waals surface area contributed by atoms with Gasteiger partial charge in [-0.15, -0.1) is 0 Å². The third kappa shape index (κ3) is 3.23. The number of hydrogen-bond acceptors (Lipinski definition) is 2. The molecule has 0 aliphatic rings. The van der Waals surface area contributed by atoms with Crippen molar-refractivity contribution in [2.45, 2.75) is 26.3 Å². The minimum absolute atomic E-state index is 0.0437. The minimum atomic E-state index is -0.0437. The first kappa shape index (κ1) is 12.4. The summed E-state index contributed by atoms with van der Waals surface area (Å²) >= 11 is 0. The van der Waals surface area contributed by atoms with Crippen LogP contribution < -0.4 is 5.32 Å². The second-order valence-electron chi connectivity index (χ2n) is 4.53. The first-order chi connectivity index (χ1) is 8.65. The van der Waals surface area contributed by atoms with E-state index < -0.39 is 0 Å². The van der Waals surface area contributed by atoms with Crippen LogP contribution in [0, 0.1) is 6.92 Å². The number of amides is 1. The van der Waals surface area contributed by atoms with Crippen molar-refractivity contribution in [3.8, 4) is 0 Å². The molecule has 0 unspecified atom stereocenters. The van der Waals surface area contributed by atoms with Crippen LogP contribution in [0.15, 0.2) is 47.1 Å². The summed E-state index contributed by atoms with van der Waals surface area (Å²) < 4.78 is 5.26. The Morgan fingerprint density at radius 3 is 2.83 bits per heavy atom. The van der Waals surface area contributed by atoms with E-state index in [1.807, 2.05) is 50.2 Å². The van der Waals surface area contributed by atoms with Crippen molar-refractivity contribution in [1.29, 1.82) is 0 Å². The average molecular weight is 243 g/mol. The van der Waals surface area contributed by atoms with E-state index in [0.717, 1.165) is 11.3 Å². The highest BCUT2D eigenvalue weighted by Crippen LogP contribution is 2.07. The molecule has 1 atom stereocenters. The van der Waals surface area contributed by atoms with Crippen molar-refractivity contribution in [2.75, 3.05) is 0 Å². The van der Waals surface area contributed by atoms with Crippen molar-refractivity contribution in [3.05, 3.63) is 59.5 Å². The first-order valence-electron chi connectivity index (χ1n) is 6.05. The summed E-state index contributed by atoms with van der Waals surface area (Å²) in [7, 11) is 0. The number of carbonyl (C=O) groups excluding carboxylic acids is 1. The molecule has 18 heavy (non-hydrogen) atoms. The molecule has 0 aliphatic heterocycles. The van der Waals surface area contributed by atoms with E-state index in [-0.39, 0.29) is 11.9 Å². The van der Waals surface area contributed by atoms with Gasteiger partial charge in [-0.25, -0.2) is 0 Å². The Hall–Kier alpha value is -2.03. The molecule has 1 aromatic carbocycles. The van der Waals surface area contributed by atoms with Crippen LogP contribution in [0.25, 0.3) is 0 Å². The molecule has 0 fully saturated rings. The van der Waals surface area contributed by atoms with Gasteiger partial charge in [0.2, 0.25) is 0 Å². The summed E-state index contributed by atoms with van der Waals surface area (Å²) in [6.07, 6.45) is 2.34. The Morgan fingerprint density at radius 1 is 1.33 bits per heavy atom. The summed E-state index contributed by atoms with van der Waals surface area (Å²) in [5, 5.41) is 2.96. The number of rotatable bonds is 4. The zero-order chi connectivity index (χ0) is 13.0. The van der Waals surface area contributed by atoms with Gasteiger partial charge < -0.3 is 9.73 Å². The van der Waals surface area contributed by atoms with Gasteiger partial charge in [0.05, 0.1) is 6.26 Å². The maximum absolute atomic E-state index is 12.0. The Morgan fingerprint density at radius 2 is 2.17 bits per heavy atom. The van der Waals surface area contributed by atoms with Crippen molar-refractivity contribution >= 4 is 5.91 Å². The number of furan rings is 1. The van der Waals surface area contributed by atoms with Gasteiger partial charge in [-0.05, 0) is 38.1 Å². The van der Waals surface area contributed by atoms with Crippen LogP contribution in [0.5, 0.6) is 0 Å². The lowest BCUT2D eigenvalue weighted by atomic mass is 10.1. The average Bonchev–Trinajstić information content (AvgIpc) is 2.81. The second kappa shape index (κ2) is 5.54. The van der Waals surface area contributed by atoms with Gasteiger partial charge in [-0.3, -0.25) is 4.79 Å². The largest absolute Gasteiger partial charge is 0.469 e. The van der Waals surface area contributed by atoms with Gasteiger partial charge in [-0.1, -0.05) is 17.7 Å². The molecule has 94 valence electrons. The third-order valence-corrected chi connectivity index (χ3v) is 2.75. The lowest BCUT2D eigenvalue weighted by Gasteiger charge is -2.12. The predicted molar refractivity (Wildman–Crippen MR) is 70.5 cm³/mol. The molecule has 0 aliphatic carbocycles. The molecule has 1 aromatic heterocycles. The van der Waals surface area contributed by atoms with Crippen LogP contribution in [0.2, 0.25) is 0 Å². The fourth-order valence-electron chi connectivity index (χ4n) is 1.87. The number of aryl methyl sites for hydroxylation is 1. The van der Waals surface area contributed by atoms with Gasteiger partial charge in [0.25, 0.3) is 5.91 Å². The van der Waals surface area contributed by atoms with Gasteiger partial charge in [0, 0.05) is 18.0 Å². The van der Waals surface area contributed by atoms with Crippen LogP contribution in [-0.4, -0.2) is 11.9 Å². The molecule has 1 N–H and O–H groups in total. The second-order valence-corrected chi connectivity index (χ2v) is 4.53. The molecular formula is C15H17NO2. The number of benzene rings is 1. The van der Waals surface area contributed by atoms with E-state index in [1.54, 1.807) is 6.26 Å². The van der Waals surface area contributed by atoms with Crippen LogP contribution in [-0.2, 0) is 6.42 Å². The molecule has 0 saturated carbocycles. The molecule has 0 bridgehead atoms. The van der Waals surface area contributed by atoms with Crippen LogP contribution in [0.1, 0.15) is 28.6 Å². The van der Waals surface area contributed by atoms with E-state index in [2.05, 4.69) is 5.32 Å². The number of nitrogens with one attached hydrogen (secondary N) is 1. The fourth-order valence-corrected chi connectivity index (χ4v) is 1.87. The van der Waals surface area contributed by atoms with E-state index in [1.165, 1.54) is 0 Å². The molecule has 0 spiro atoms. The monoisotopic (exact) mass is 243 g/mol. The lowest BCUT2D eigenvalue weighted by Crippen LogP contribution is -2.34. The summed E-state index contributed by atoms with van der Waals surface area (Å²) in [5.74, 6) is 0.838. The molecular weight excluding hydrogens is 226 g/mol. The number of hydrogen-bond donors (Lipinski definition) is 1. The molecule has 3 heteroatoms. The standard InChI is InChI=1S/C15H17NO2/c1-11-5-3-6-13(9-11)15(17)16-12(2)10-14-7-4-8-18-14/h3-9,12H,10H2,1-2H3,(H,16,17)/t12-/m0/s1. The minimum Gasteiger partial charge on any atom is -0.469 e. The third-order valence-electron chi connectivity index (χ3n) is 2.75.